The molecule has 25 heavy (non-hydrogen) atoms. The molecule has 0 aromatic heterocycles. The SMILES string of the molecule is CN(C)c1ccc(C=NN2CC[NH+](Cc3ccccc3Cl)CC2)cc1. The molecular formula is C20H26ClN4+. The molecule has 0 radical (unpaired) electrons. The fourth-order valence-corrected chi connectivity index (χ4v) is 3.22. The number of hydrogen-bond donors (Lipinski definition) is 1. The summed E-state index contributed by atoms with van der Waals surface area (Å²) in [6.45, 7) is 5.12. The van der Waals surface area contributed by atoms with Gasteiger partial charge in [-0.1, -0.05) is 41.9 Å². The summed E-state index contributed by atoms with van der Waals surface area (Å²) >= 11 is 6.27. The zero-order chi connectivity index (χ0) is 17.6. The first-order chi connectivity index (χ1) is 12.1. The van der Waals surface area contributed by atoms with Crippen molar-refractivity contribution in [2.75, 3.05) is 45.2 Å². The molecule has 0 saturated carbocycles. The van der Waals surface area contributed by atoms with Crippen molar-refractivity contribution >= 4 is 23.5 Å². The van der Waals surface area contributed by atoms with E-state index in [4.69, 9.17) is 11.6 Å². The van der Waals surface area contributed by atoms with Crippen LogP contribution >= 0.6 is 11.6 Å². The van der Waals surface area contributed by atoms with Crippen LogP contribution in [-0.2, 0) is 6.54 Å². The molecule has 2 aromatic carbocycles. The van der Waals surface area contributed by atoms with Gasteiger partial charge in [0.25, 0.3) is 0 Å². The topological polar surface area (TPSA) is 23.3 Å². The molecule has 1 aliphatic rings. The first kappa shape index (κ1) is 17.8. The molecule has 1 heterocycles. The van der Waals surface area contributed by atoms with Crippen molar-refractivity contribution in [3.05, 3.63) is 64.7 Å². The standard InChI is InChI=1S/C20H25ClN4/c1-23(2)19-9-7-17(8-10-19)15-22-25-13-11-24(12-14-25)16-18-5-3-4-6-20(18)21/h3-10,15H,11-14,16H2,1-2H3/p+1. The lowest BCUT2D eigenvalue weighted by atomic mass is 10.2. The number of nitrogens with one attached hydrogen (secondary N) is 1. The predicted molar refractivity (Wildman–Crippen MR) is 106 cm³/mol. The highest BCUT2D eigenvalue weighted by Gasteiger charge is 2.19. The second kappa shape index (κ2) is 8.37. The molecule has 5 heteroatoms. The summed E-state index contributed by atoms with van der Waals surface area (Å²) < 4.78 is 0. The number of piperazine rings is 1. The van der Waals surface area contributed by atoms with Gasteiger partial charge in [-0.05, 0) is 23.8 Å². The van der Waals surface area contributed by atoms with E-state index in [9.17, 15) is 0 Å². The lowest BCUT2D eigenvalue weighted by Gasteiger charge is -2.30. The second-order valence-corrected chi connectivity index (χ2v) is 7.11. The molecule has 0 bridgehead atoms. The Bertz CT molecular complexity index is 704. The van der Waals surface area contributed by atoms with Crippen LogP contribution in [0.25, 0.3) is 0 Å². The zero-order valence-electron chi connectivity index (χ0n) is 15.0. The Labute approximate surface area is 155 Å². The average molecular weight is 358 g/mol. The van der Waals surface area contributed by atoms with E-state index in [2.05, 4.69) is 51.4 Å². The van der Waals surface area contributed by atoms with Gasteiger partial charge in [-0.25, -0.2) is 0 Å². The highest BCUT2D eigenvalue weighted by atomic mass is 35.5. The third-order valence-corrected chi connectivity index (χ3v) is 4.99. The molecule has 0 aliphatic carbocycles. The summed E-state index contributed by atoms with van der Waals surface area (Å²) in [5, 5.41) is 7.68. The Morgan fingerprint density at radius 1 is 1.08 bits per heavy atom. The Balaban J connectivity index is 1.49. The van der Waals surface area contributed by atoms with Gasteiger partial charge in [0.05, 0.1) is 32.4 Å². The number of hydrogen-bond acceptors (Lipinski definition) is 3. The van der Waals surface area contributed by atoms with Crippen LogP contribution in [0, 0.1) is 0 Å². The molecule has 1 aliphatic heterocycles. The second-order valence-electron chi connectivity index (χ2n) is 6.70. The molecule has 0 spiro atoms. The van der Waals surface area contributed by atoms with Crippen molar-refractivity contribution in [1.82, 2.24) is 5.01 Å². The molecule has 0 atom stereocenters. The lowest BCUT2D eigenvalue weighted by molar-refractivity contribution is -0.918. The third kappa shape index (κ3) is 4.97. The minimum atomic E-state index is 0.872. The van der Waals surface area contributed by atoms with Crippen molar-refractivity contribution in [2.45, 2.75) is 6.54 Å². The molecule has 1 N–H and O–H groups in total. The lowest BCUT2D eigenvalue weighted by Crippen LogP contribution is -3.13. The first-order valence-electron chi connectivity index (χ1n) is 8.75. The number of benzene rings is 2. The number of halogens is 1. The number of nitrogens with zero attached hydrogens (tertiary/aromatic N) is 3. The van der Waals surface area contributed by atoms with E-state index in [1.165, 1.54) is 11.3 Å². The number of quaternary nitrogens is 1. The van der Waals surface area contributed by atoms with Gasteiger partial charge in [0.1, 0.15) is 6.54 Å². The molecule has 1 fully saturated rings. The average Bonchev–Trinajstić information content (AvgIpc) is 2.63. The summed E-state index contributed by atoms with van der Waals surface area (Å²) in [5.74, 6) is 0. The fraction of sp³-hybridized carbons (Fsp3) is 0.350. The minimum absolute atomic E-state index is 0.872. The van der Waals surface area contributed by atoms with Crippen LogP contribution in [0.2, 0.25) is 5.02 Å². The first-order valence-corrected chi connectivity index (χ1v) is 9.13. The maximum absolute atomic E-state index is 6.27. The monoisotopic (exact) mass is 357 g/mol. The summed E-state index contributed by atoms with van der Waals surface area (Å²) in [7, 11) is 4.10. The molecule has 132 valence electrons. The normalized spacial score (nSPS) is 15.7. The van der Waals surface area contributed by atoms with Crippen LogP contribution in [0.15, 0.2) is 53.6 Å². The Hall–Kier alpha value is -2.04. The van der Waals surface area contributed by atoms with Crippen LogP contribution in [0.4, 0.5) is 5.69 Å². The van der Waals surface area contributed by atoms with Crippen molar-refractivity contribution < 1.29 is 4.90 Å². The molecule has 1 saturated heterocycles. The van der Waals surface area contributed by atoms with E-state index in [1.807, 2.05) is 32.4 Å². The van der Waals surface area contributed by atoms with Crippen LogP contribution in [0.1, 0.15) is 11.1 Å². The zero-order valence-corrected chi connectivity index (χ0v) is 15.7. The fourth-order valence-electron chi connectivity index (χ4n) is 3.02. The van der Waals surface area contributed by atoms with Gasteiger partial charge in [0.2, 0.25) is 0 Å². The van der Waals surface area contributed by atoms with Gasteiger partial charge in [-0.15, -0.1) is 0 Å². The quantitative estimate of drug-likeness (QED) is 0.829. The summed E-state index contributed by atoms with van der Waals surface area (Å²) in [6, 6.07) is 16.6. The van der Waals surface area contributed by atoms with Crippen molar-refractivity contribution in [1.29, 1.82) is 0 Å². The predicted octanol–water partition coefficient (Wildman–Crippen LogP) is 2.14. The number of rotatable bonds is 5. The van der Waals surface area contributed by atoms with Crippen LogP contribution in [0.5, 0.6) is 0 Å². The minimum Gasteiger partial charge on any atom is -0.378 e. The van der Waals surface area contributed by atoms with E-state index < -0.39 is 0 Å². The molecule has 0 unspecified atom stereocenters. The van der Waals surface area contributed by atoms with E-state index in [-0.39, 0.29) is 0 Å². The van der Waals surface area contributed by atoms with Crippen LogP contribution in [0.3, 0.4) is 0 Å². The molecule has 3 rings (SSSR count). The van der Waals surface area contributed by atoms with Crippen molar-refractivity contribution in [3.63, 3.8) is 0 Å². The molecular weight excluding hydrogens is 332 g/mol. The molecule has 2 aromatic rings. The highest BCUT2D eigenvalue weighted by Crippen LogP contribution is 2.13. The van der Waals surface area contributed by atoms with Crippen LogP contribution in [-0.4, -0.2) is 51.5 Å². The maximum Gasteiger partial charge on any atom is 0.104 e. The van der Waals surface area contributed by atoms with Crippen LogP contribution < -0.4 is 9.80 Å². The number of hydrazone groups is 1. The van der Waals surface area contributed by atoms with Gasteiger partial charge in [-0.3, -0.25) is 5.01 Å². The van der Waals surface area contributed by atoms with E-state index in [0.717, 1.165) is 43.3 Å². The van der Waals surface area contributed by atoms with Gasteiger partial charge >= 0.3 is 0 Å². The molecule has 0 amide bonds. The summed E-state index contributed by atoms with van der Waals surface area (Å²) in [4.78, 5) is 3.66. The van der Waals surface area contributed by atoms with Crippen molar-refractivity contribution in [3.8, 4) is 0 Å². The largest absolute Gasteiger partial charge is 0.378 e. The van der Waals surface area contributed by atoms with Gasteiger partial charge in [0.15, 0.2) is 0 Å². The van der Waals surface area contributed by atoms with Gasteiger partial charge in [0, 0.05) is 30.4 Å². The van der Waals surface area contributed by atoms with Gasteiger partial charge in [-0.2, -0.15) is 5.10 Å². The third-order valence-electron chi connectivity index (χ3n) is 4.62. The highest BCUT2D eigenvalue weighted by molar-refractivity contribution is 6.31. The Kier molecular flexibility index (Phi) is 5.95. The van der Waals surface area contributed by atoms with E-state index >= 15 is 0 Å². The number of anilines is 1. The van der Waals surface area contributed by atoms with Crippen molar-refractivity contribution in [2.24, 2.45) is 5.10 Å². The summed E-state index contributed by atoms with van der Waals surface area (Å²) in [6.07, 6.45) is 1.96. The van der Waals surface area contributed by atoms with E-state index in [1.54, 1.807) is 4.90 Å². The smallest absolute Gasteiger partial charge is 0.104 e. The maximum atomic E-state index is 6.27. The molecule has 4 nitrogen and oxygen atoms in total. The Morgan fingerprint density at radius 2 is 1.76 bits per heavy atom. The van der Waals surface area contributed by atoms with Gasteiger partial charge < -0.3 is 9.80 Å². The summed E-state index contributed by atoms with van der Waals surface area (Å²) in [5.41, 5.74) is 3.57. The Morgan fingerprint density at radius 3 is 2.40 bits per heavy atom. The van der Waals surface area contributed by atoms with E-state index in [0.29, 0.717) is 0 Å².